The summed E-state index contributed by atoms with van der Waals surface area (Å²) in [6.07, 6.45) is 3.61. The van der Waals surface area contributed by atoms with Gasteiger partial charge in [-0.25, -0.2) is 0 Å². The summed E-state index contributed by atoms with van der Waals surface area (Å²) in [4.78, 5) is 17.2. The number of amides is 1. The lowest BCUT2D eigenvalue weighted by Gasteiger charge is -2.28. The molecule has 4 heteroatoms. The number of aryl methyl sites for hydroxylation is 2. The third-order valence-electron chi connectivity index (χ3n) is 4.82. The number of carbonyl (C=O) groups excluding carboxylic acids is 1. The highest BCUT2D eigenvalue weighted by Crippen LogP contribution is 2.36. The number of benzene rings is 1. The summed E-state index contributed by atoms with van der Waals surface area (Å²) in [5.41, 5.74) is 3.85. The van der Waals surface area contributed by atoms with Crippen LogP contribution in [0.1, 0.15) is 48.6 Å². The Morgan fingerprint density at radius 1 is 1.29 bits per heavy atom. The predicted octanol–water partition coefficient (Wildman–Crippen LogP) is 3.48. The average Bonchev–Trinajstić information content (AvgIpc) is 2.97. The van der Waals surface area contributed by atoms with Gasteiger partial charge in [0.25, 0.3) is 0 Å². The van der Waals surface area contributed by atoms with Crippen molar-refractivity contribution in [2.24, 2.45) is 0 Å². The topological polar surface area (TPSA) is 51.2 Å². The van der Waals surface area contributed by atoms with Crippen molar-refractivity contribution in [3.8, 4) is 5.75 Å². The minimum atomic E-state index is -0.459. The molecule has 0 fully saturated rings. The molecule has 126 valence electrons. The van der Waals surface area contributed by atoms with Gasteiger partial charge in [-0.3, -0.25) is 9.78 Å². The van der Waals surface area contributed by atoms with Crippen molar-refractivity contribution in [1.29, 1.82) is 0 Å². The molecule has 1 N–H and O–H groups in total. The molecular weight excluding hydrogens is 300 g/mol. The number of fused-ring (bicyclic) bond motifs is 1. The van der Waals surface area contributed by atoms with E-state index in [2.05, 4.69) is 16.4 Å². The van der Waals surface area contributed by atoms with E-state index in [0.29, 0.717) is 0 Å². The molecular formula is C20H24N2O2. The number of ether oxygens (including phenoxy) is 1. The summed E-state index contributed by atoms with van der Waals surface area (Å²) < 4.78 is 5.31. The number of rotatable bonds is 4. The van der Waals surface area contributed by atoms with Crippen molar-refractivity contribution >= 4 is 5.91 Å². The van der Waals surface area contributed by atoms with Crippen molar-refractivity contribution in [3.05, 3.63) is 58.9 Å². The Balaban J connectivity index is 1.80. The van der Waals surface area contributed by atoms with Crippen LogP contribution in [0.5, 0.6) is 5.75 Å². The first kappa shape index (κ1) is 16.5. The molecule has 24 heavy (non-hydrogen) atoms. The molecule has 1 aromatic carbocycles. The third kappa shape index (κ3) is 3.14. The normalized spacial score (nSPS) is 16.6. The fraction of sp³-hybridized carbons (Fsp3) is 0.400. The Morgan fingerprint density at radius 3 is 2.75 bits per heavy atom. The van der Waals surface area contributed by atoms with Gasteiger partial charge < -0.3 is 10.1 Å². The Labute approximate surface area is 143 Å². The lowest BCUT2D eigenvalue weighted by molar-refractivity contribution is -0.124. The molecule has 1 aliphatic rings. The van der Waals surface area contributed by atoms with E-state index in [1.165, 1.54) is 5.56 Å². The highest BCUT2D eigenvalue weighted by molar-refractivity contribution is 5.85. The molecule has 3 rings (SSSR count). The molecule has 0 saturated carbocycles. The van der Waals surface area contributed by atoms with E-state index in [4.69, 9.17) is 4.74 Å². The van der Waals surface area contributed by atoms with Gasteiger partial charge in [0.05, 0.1) is 18.6 Å². The van der Waals surface area contributed by atoms with Crippen molar-refractivity contribution in [3.63, 3.8) is 0 Å². The summed E-state index contributed by atoms with van der Waals surface area (Å²) in [6.45, 7) is 5.98. The van der Waals surface area contributed by atoms with Crippen LogP contribution >= 0.6 is 0 Å². The largest absolute Gasteiger partial charge is 0.497 e. The van der Waals surface area contributed by atoms with Gasteiger partial charge in [0.2, 0.25) is 5.91 Å². The second-order valence-corrected chi connectivity index (χ2v) is 6.96. The van der Waals surface area contributed by atoms with Crippen LogP contribution in [0.2, 0.25) is 0 Å². The lowest BCUT2D eigenvalue weighted by Crippen LogP contribution is -2.43. The van der Waals surface area contributed by atoms with Crippen LogP contribution in [-0.4, -0.2) is 18.0 Å². The predicted molar refractivity (Wildman–Crippen MR) is 94.2 cm³/mol. The molecule has 1 atom stereocenters. The first-order valence-electron chi connectivity index (χ1n) is 8.32. The van der Waals surface area contributed by atoms with Crippen molar-refractivity contribution < 1.29 is 9.53 Å². The van der Waals surface area contributed by atoms with Gasteiger partial charge in [-0.1, -0.05) is 12.1 Å². The van der Waals surface area contributed by atoms with Crippen LogP contribution < -0.4 is 10.1 Å². The Morgan fingerprint density at radius 2 is 2.08 bits per heavy atom. The number of aromatic nitrogens is 1. The molecule has 4 nitrogen and oxygen atoms in total. The minimum absolute atomic E-state index is 0.0626. The summed E-state index contributed by atoms with van der Waals surface area (Å²) in [6, 6.07) is 10.0. The molecule has 0 radical (unpaired) electrons. The Bertz CT molecular complexity index is 751. The maximum absolute atomic E-state index is 12.9. The molecule has 1 unspecified atom stereocenters. The van der Waals surface area contributed by atoms with Crippen molar-refractivity contribution in [1.82, 2.24) is 10.3 Å². The van der Waals surface area contributed by atoms with Gasteiger partial charge in [-0.15, -0.1) is 0 Å². The smallest absolute Gasteiger partial charge is 0.228 e. The lowest BCUT2D eigenvalue weighted by atomic mass is 9.93. The average molecular weight is 324 g/mol. The second kappa shape index (κ2) is 6.27. The van der Waals surface area contributed by atoms with E-state index in [0.717, 1.165) is 35.4 Å². The summed E-state index contributed by atoms with van der Waals surface area (Å²) in [5, 5.41) is 3.19. The highest BCUT2D eigenvalue weighted by atomic mass is 16.5. The van der Waals surface area contributed by atoms with E-state index in [1.54, 1.807) is 7.11 Å². The maximum Gasteiger partial charge on any atom is 0.228 e. The van der Waals surface area contributed by atoms with Gasteiger partial charge in [-0.05, 0) is 68.5 Å². The standard InChI is InChI=1S/C20H24N2O2/c1-13-5-8-15(12-21-13)20(2,3)22-19(23)17-10-7-14-6-9-16(24-4)11-18(14)17/h5-6,8-9,11-12,17H,7,10H2,1-4H3,(H,22,23). The van der Waals surface area contributed by atoms with E-state index in [9.17, 15) is 4.79 Å². The first-order valence-corrected chi connectivity index (χ1v) is 8.32. The fourth-order valence-electron chi connectivity index (χ4n) is 3.28. The summed E-state index contributed by atoms with van der Waals surface area (Å²) >= 11 is 0. The van der Waals surface area contributed by atoms with Crippen LogP contribution in [0.4, 0.5) is 0 Å². The van der Waals surface area contributed by atoms with E-state index < -0.39 is 5.54 Å². The van der Waals surface area contributed by atoms with Crippen LogP contribution in [0.15, 0.2) is 36.5 Å². The number of nitrogens with zero attached hydrogens (tertiary/aromatic N) is 1. The third-order valence-corrected chi connectivity index (χ3v) is 4.82. The van der Waals surface area contributed by atoms with Crippen LogP contribution in [0, 0.1) is 6.92 Å². The van der Waals surface area contributed by atoms with E-state index >= 15 is 0 Å². The number of hydrogen-bond donors (Lipinski definition) is 1. The van der Waals surface area contributed by atoms with E-state index in [-0.39, 0.29) is 11.8 Å². The molecule has 1 aliphatic carbocycles. The molecule has 1 amide bonds. The van der Waals surface area contributed by atoms with Crippen LogP contribution in [0.3, 0.4) is 0 Å². The molecule has 0 spiro atoms. The van der Waals surface area contributed by atoms with Crippen molar-refractivity contribution in [2.45, 2.75) is 45.1 Å². The second-order valence-electron chi connectivity index (χ2n) is 6.96. The monoisotopic (exact) mass is 324 g/mol. The Kier molecular flexibility index (Phi) is 4.31. The fourth-order valence-corrected chi connectivity index (χ4v) is 3.28. The van der Waals surface area contributed by atoms with Gasteiger partial charge in [0.1, 0.15) is 5.75 Å². The van der Waals surface area contributed by atoms with Crippen molar-refractivity contribution in [2.75, 3.05) is 7.11 Å². The van der Waals surface area contributed by atoms with Crippen LogP contribution in [0.25, 0.3) is 0 Å². The molecule has 0 saturated heterocycles. The molecule has 2 aromatic rings. The summed E-state index contributed by atoms with van der Waals surface area (Å²) in [7, 11) is 1.65. The highest BCUT2D eigenvalue weighted by Gasteiger charge is 2.32. The molecule has 0 aliphatic heterocycles. The zero-order chi connectivity index (χ0) is 17.3. The van der Waals surface area contributed by atoms with E-state index in [1.807, 2.05) is 51.2 Å². The first-order chi connectivity index (χ1) is 11.4. The van der Waals surface area contributed by atoms with Crippen LogP contribution in [-0.2, 0) is 16.8 Å². The zero-order valence-electron chi connectivity index (χ0n) is 14.7. The number of nitrogens with one attached hydrogen (secondary N) is 1. The molecule has 1 aromatic heterocycles. The Hall–Kier alpha value is -2.36. The summed E-state index contributed by atoms with van der Waals surface area (Å²) in [5.74, 6) is 0.746. The van der Waals surface area contributed by atoms with Gasteiger partial charge in [0.15, 0.2) is 0 Å². The zero-order valence-corrected chi connectivity index (χ0v) is 14.7. The van der Waals surface area contributed by atoms with Gasteiger partial charge >= 0.3 is 0 Å². The molecule has 0 bridgehead atoms. The number of pyridine rings is 1. The number of methoxy groups -OCH3 is 1. The van der Waals surface area contributed by atoms with Gasteiger partial charge in [0, 0.05) is 11.9 Å². The number of carbonyl (C=O) groups is 1. The molecule has 1 heterocycles. The number of hydrogen-bond acceptors (Lipinski definition) is 3. The van der Waals surface area contributed by atoms with Gasteiger partial charge in [-0.2, -0.15) is 0 Å². The SMILES string of the molecule is COc1ccc2c(c1)C(C(=O)NC(C)(C)c1ccc(C)nc1)CC2. The quantitative estimate of drug-likeness (QED) is 0.937. The minimum Gasteiger partial charge on any atom is -0.497 e. The maximum atomic E-state index is 12.9.